The van der Waals surface area contributed by atoms with Crippen LogP contribution in [0.25, 0.3) is 0 Å². The Bertz CT molecular complexity index is 660. The first-order valence-electron chi connectivity index (χ1n) is 6.81. The molecular formula is C16H15F3N2O2. The van der Waals surface area contributed by atoms with Gasteiger partial charge in [0.15, 0.2) is 0 Å². The second-order valence-electron chi connectivity index (χ2n) is 4.88. The Morgan fingerprint density at radius 3 is 2.43 bits per heavy atom. The molecule has 0 aliphatic carbocycles. The van der Waals surface area contributed by atoms with Crippen molar-refractivity contribution in [1.29, 1.82) is 0 Å². The van der Waals surface area contributed by atoms with E-state index in [-0.39, 0.29) is 12.1 Å². The first kappa shape index (κ1) is 16.8. The van der Waals surface area contributed by atoms with Gasteiger partial charge in [0.05, 0.1) is 23.8 Å². The summed E-state index contributed by atoms with van der Waals surface area (Å²) in [7, 11) is 0. The third-order valence-corrected chi connectivity index (χ3v) is 3.10. The van der Waals surface area contributed by atoms with Gasteiger partial charge in [0, 0.05) is 0 Å². The molecule has 0 spiro atoms. The van der Waals surface area contributed by atoms with Gasteiger partial charge in [-0.1, -0.05) is 36.4 Å². The third kappa shape index (κ3) is 5.00. The summed E-state index contributed by atoms with van der Waals surface area (Å²) in [6, 6.07) is 13.1. The number of rotatable bonds is 5. The number of carbonyl (C=O) groups is 1. The first-order chi connectivity index (χ1) is 10.9. The van der Waals surface area contributed by atoms with Crippen LogP contribution in [0.15, 0.2) is 54.6 Å². The van der Waals surface area contributed by atoms with E-state index in [2.05, 4.69) is 10.9 Å². The molecule has 0 saturated carbocycles. The van der Waals surface area contributed by atoms with Crippen LogP contribution in [-0.2, 0) is 11.0 Å². The summed E-state index contributed by atoms with van der Waals surface area (Å²) >= 11 is 0. The monoisotopic (exact) mass is 324 g/mol. The van der Waals surface area contributed by atoms with Crippen molar-refractivity contribution < 1.29 is 23.1 Å². The zero-order valence-electron chi connectivity index (χ0n) is 12.0. The number of halogens is 3. The summed E-state index contributed by atoms with van der Waals surface area (Å²) in [6.07, 6.45) is -5.65. The summed E-state index contributed by atoms with van der Waals surface area (Å²) in [5, 5.41) is 9.90. The Morgan fingerprint density at radius 1 is 1.09 bits per heavy atom. The standard InChI is InChI=1S/C16H15F3N2O2/c17-16(18,19)12-7-4-8-13(9-12)20-21-15(23)10-14(22)11-5-2-1-3-6-11/h1-9,14,20,22H,10H2,(H,21,23). The summed E-state index contributed by atoms with van der Waals surface area (Å²) in [5.41, 5.74) is 4.53. The van der Waals surface area contributed by atoms with Crippen LogP contribution in [0.3, 0.4) is 0 Å². The lowest BCUT2D eigenvalue weighted by atomic mass is 10.1. The largest absolute Gasteiger partial charge is 0.416 e. The van der Waals surface area contributed by atoms with Crippen LogP contribution in [0.2, 0.25) is 0 Å². The van der Waals surface area contributed by atoms with Crippen LogP contribution in [0, 0.1) is 0 Å². The van der Waals surface area contributed by atoms with Crippen molar-refractivity contribution in [3.05, 3.63) is 65.7 Å². The fraction of sp³-hybridized carbons (Fsp3) is 0.188. The molecule has 1 amide bonds. The molecule has 7 heteroatoms. The van der Waals surface area contributed by atoms with Gasteiger partial charge >= 0.3 is 6.18 Å². The fourth-order valence-electron chi connectivity index (χ4n) is 1.93. The molecule has 2 aromatic carbocycles. The van der Waals surface area contributed by atoms with Crippen molar-refractivity contribution in [3.63, 3.8) is 0 Å². The van der Waals surface area contributed by atoms with E-state index in [1.165, 1.54) is 12.1 Å². The van der Waals surface area contributed by atoms with Crippen LogP contribution < -0.4 is 10.9 Å². The number of alkyl halides is 3. The number of hydrazine groups is 1. The number of benzene rings is 2. The predicted octanol–water partition coefficient (Wildman–Crippen LogP) is 3.27. The van der Waals surface area contributed by atoms with Gasteiger partial charge in [-0.25, -0.2) is 0 Å². The molecule has 4 nitrogen and oxygen atoms in total. The highest BCUT2D eigenvalue weighted by molar-refractivity contribution is 5.78. The average Bonchev–Trinajstić information content (AvgIpc) is 2.53. The maximum Gasteiger partial charge on any atom is 0.416 e. The van der Waals surface area contributed by atoms with E-state index in [0.29, 0.717) is 5.56 Å². The number of hydrogen-bond donors (Lipinski definition) is 3. The van der Waals surface area contributed by atoms with Crippen LogP contribution in [0.4, 0.5) is 18.9 Å². The van der Waals surface area contributed by atoms with E-state index >= 15 is 0 Å². The Balaban J connectivity index is 1.90. The Labute approximate surface area is 130 Å². The SMILES string of the molecule is O=C(CC(O)c1ccccc1)NNc1cccc(C(F)(F)F)c1. The number of aliphatic hydroxyl groups is 1. The number of aliphatic hydroxyl groups excluding tert-OH is 1. The summed E-state index contributed by atoms with van der Waals surface area (Å²) in [4.78, 5) is 11.7. The summed E-state index contributed by atoms with van der Waals surface area (Å²) in [6.45, 7) is 0. The highest BCUT2D eigenvalue weighted by Crippen LogP contribution is 2.30. The van der Waals surface area contributed by atoms with Gasteiger partial charge in [0.2, 0.25) is 5.91 Å². The van der Waals surface area contributed by atoms with Crippen molar-refractivity contribution >= 4 is 11.6 Å². The van der Waals surface area contributed by atoms with Crippen molar-refractivity contribution in [2.75, 3.05) is 5.43 Å². The molecule has 1 atom stereocenters. The van der Waals surface area contributed by atoms with E-state index < -0.39 is 23.8 Å². The molecule has 0 saturated heterocycles. The minimum atomic E-state index is -4.45. The van der Waals surface area contributed by atoms with Gasteiger partial charge in [-0.3, -0.25) is 15.6 Å². The van der Waals surface area contributed by atoms with E-state index in [4.69, 9.17) is 0 Å². The number of amides is 1. The van der Waals surface area contributed by atoms with Crippen LogP contribution in [0.1, 0.15) is 23.7 Å². The van der Waals surface area contributed by atoms with Gasteiger partial charge in [0.25, 0.3) is 0 Å². The van der Waals surface area contributed by atoms with Gasteiger partial charge in [-0.2, -0.15) is 13.2 Å². The lowest BCUT2D eigenvalue weighted by Gasteiger charge is -2.13. The lowest BCUT2D eigenvalue weighted by molar-refractivity contribution is -0.137. The Kier molecular flexibility index (Phi) is 5.23. The maximum atomic E-state index is 12.6. The highest BCUT2D eigenvalue weighted by Gasteiger charge is 2.30. The molecule has 23 heavy (non-hydrogen) atoms. The van der Waals surface area contributed by atoms with Crippen molar-refractivity contribution in [1.82, 2.24) is 5.43 Å². The molecule has 2 aromatic rings. The van der Waals surface area contributed by atoms with E-state index in [1.54, 1.807) is 30.3 Å². The topological polar surface area (TPSA) is 61.4 Å². The maximum absolute atomic E-state index is 12.6. The van der Waals surface area contributed by atoms with Gasteiger partial charge in [-0.15, -0.1) is 0 Å². The molecule has 0 fully saturated rings. The van der Waals surface area contributed by atoms with Crippen molar-refractivity contribution in [3.8, 4) is 0 Å². The molecule has 122 valence electrons. The zero-order valence-corrected chi connectivity index (χ0v) is 12.0. The lowest BCUT2D eigenvalue weighted by Crippen LogP contribution is -2.30. The number of carbonyl (C=O) groups excluding carboxylic acids is 1. The van der Waals surface area contributed by atoms with Gasteiger partial charge in [0.1, 0.15) is 0 Å². The molecule has 1 unspecified atom stereocenters. The van der Waals surface area contributed by atoms with E-state index in [1.807, 2.05) is 0 Å². The molecule has 0 radical (unpaired) electrons. The fourth-order valence-corrected chi connectivity index (χ4v) is 1.93. The summed E-state index contributed by atoms with van der Waals surface area (Å²) in [5.74, 6) is -0.543. The van der Waals surface area contributed by atoms with Gasteiger partial charge in [-0.05, 0) is 23.8 Å². The average molecular weight is 324 g/mol. The minimum Gasteiger partial charge on any atom is -0.388 e. The van der Waals surface area contributed by atoms with Gasteiger partial charge < -0.3 is 5.11 Å². The Morgan fingerprint density at radius 2 is 1.78 bits per heavy atom. The van der Waals surface area contributed by atoms with Crippen LogP contribution >= 0.6 is 0 Å². The van der Waals surface area contributed by atoms with Crippen molar-refractivity contribution in [2.45, 2.75) is 18.7 Å². The minimum absolute atomic E-state index is 0.0994. The van der Waals surface area contributed by atoms with E-state index in [9.17, 15) is 23.1 Å². The number of hydrogen-bond acceptors (Lipinski definition) is 3. The summed E-state index contributed by atoms with van der Waals surface area (Å²) < 4.78 is 37.7. The quantitative estimate of drug-likeness (QED) is 0.740. The molecule has 0 heterocycles. The molecule has 2 rings (SSSR count). The normalized spacial score (nSPS) is 12.5. The van der Waals surface area contributed by atoms with Crippen LogP contribution in [-0.4, -0.2) is 11.0 Å². The molecular weight excluding hydrogens is 309 g/mol. The van der Waals surface area contributed by atoms with Crippen molar-refractivity contribution in [2.24, 2.45) is 0 Å². The highest BCUT2D eigenvalue weighted by atomic mass is 19.4. The third-order valence-electron chi connectivity index (χ3n) is 3.10. The second-order valence-corrected chi connectivity index (χ2v) is 4.88. The Hall–Kier alpha value is -2.54. The molecule has 3 N–H and O–H groups in total. The zero-order chi connectivity index (χ0) is 16.9. The second kappa shape index (κ2) is 7.15. The number of anilines is 1. The van der Waals surface area contributed by atoms with Crippen LogP contribution in [0.5, 0.6) is 0 Å². The molecule has 0 aromatic heterocycles. The predicted molar refractivity (Wildman–Crippen MR) is 79.2 cm³/mol. The smallest absolute Gasteiger partial charge is 0.388 e. The first-order valence-corrected chi connectivity index (χ1v) is 6.81. The van der Waals surface area contributed by atoms with E-state index in [0.717, 1.165) is 12.1 Å². The molecule has 0 aliphatic heterocycles. The number of nitrogens with one attached hydrogen (secondary N) is 2. The molecule has 0 aliphatic rings. The molecule has 0 bridgehead atoms.